The topological polar surface area (TPSA) is 60.2 Å². The summed E-state index contributed by atoms with van der Waals surface area (Å²) in [5.41, 5.74) is 1.33. The molecule has 19 heavy (non-hydrogen) atoms. The highest BCUT2D eigenvalue weighted by Gasteiger charge is 2.14. The van der Waals surface area contributed by atoms with E-state index in [2.05, 4.69) is 10.3 Å². The van der Waals surface area contributed by atoms with Crippen LogP contribution < -0.4 is 4.74 Å². The normalized spacial score (nSPS) is 11.0. The van der Waals surface area contributed by atoms with Gasteiger partial charge in [-0.05, 0) is 38.1 Å². The number of hydrogen-bond acceptors (Lipinski definition) is 4. The first kappa shape index (κ1) is 13.8. The molecular formula is C13H16ClN3O2. The van der Waals surface area contributed by atoms with Gasteiger partial charge < -0.3 is 9.84 Å². The van der Waals surface area contributed by atoms with Gasteiger partial charge in [-0.25, -0.2) is 4.68 Å². The summed E-state index contributed by atoms with van der Waals surface area (Å²) in [4.78, 5) is 0. The van der Waals surface area contributed by atoms with Crippen LogP contribution in [0.5, 0.6) is 5.75 Å². The molecule has 0 aliphatic rings. The third-order valence-corrected chi connectivity index (χ3v) is 2.95. The van der Waals surface area contributed by atoms with Gasteiger partial charge in [-0.2, -0.15) is 0 Å². The van der Waals surface area contributed by atoms with Crippen LogP contribution in [-0.4, -0.2) is 20.1 Å². The molecule has 2 rings (SSSR count). The first-order chi connectivity index (χ1) is 9.11. The minimum Gasteiger partial charge on any atom is -0.487 e. The molecule has 1 aromatic heterocycles. The summed E-state index contributed by atoms with van der Waals surface area (Å²) in [7, 11) is 0. The fourth-order valence-corrected chi connectivity index (χ4v) is 1.84. The summed E-state index contributed by atoms with van der Waals surface area (Å²) in [6.45, 7) is 4.16. The van der Waals surface area contributed by atoms with Gasteiger partial charge in [-0.3, -0.25) is 0 Å². The molecular weight excluding hydrogens is 266 g/mol. The Labute approximate surface area is 116 Å². The van der Waals surface area contributed by atoms with E-state index >= 15 is 0 Å². The van der Waals surface area contributed by atoms with E-state index in [0.29, 0.717) is 23.1 Å². The number of aliphatic hydroxyl groups is 1. The van der Waals surface area contributed by atoms with Gasteiger partial charge in [0.2, 0.25) is 0 Å². The lowest BCUT2D eigenvalue weighted by Gasteiger charge is -2.11. The number of rotatable bonds is 5. The molecule has 0 aliphatic heterocycles. The van der Waals surface area contributed by atoms with Gasteiger partial charge >= 0.3 is 0 Å². The van der Waals surface area contributed by atoms with Crippen molar-refractivity contribution in [1.29, 1.82) is 0 Å². The average molecular weight is 282 g/mol. The van der Waals surface area contributed by atoms with Crippen molar-refractivity contribution in [2.45, 2.75) is 33.1 Å². The molecule has 0 saturated heterocycles. The van der Waals surface area contributed by atoms with Crippen LogP contribution in [0.3, 0.4) is 0 Å². The summed E-state index contributed by atoms with van der Waals surface area (Å²) in [6, 6.07) is 7.29. The monoisotopic (exact) mass is 281 g/mol. The van der Waals surface area contributed by atoms with Crippen LogP contribution in [0, 0.1) is 0 Å². The van der Waals surface area contributed by atoms with E-state index in [1.165, 1.54) is 0 Å². The van der Waals surface area contributed by atoms with Gasteiger partial charge in [0, 0.05) is 11.1 Å². The fourth-order valence-electron chi connectivity index (χ4n) is 1.72. The minimum atomic E-state index is -0.147. The summed E-state index contributed by atoms with van der Waals surface area (Å²) >= 11 is 5.81. The third-order valence-electron chi connectivity index (χ3n) is 2.70. The Hall–Kier alpha value is -1.59. The standard InChI is InChI=1S/C13H16ClN3O2/c1-9(2)17-13(12(7-18)15-16-17)8-19-11-5-3-10(14)4-6-11/h3-6,9,18H,7-8H2,1-2H3. The Kier molecular flexibility index (Phi) is 4.39. The molecule has 0 spiro atoms. The predicted molar refractivity (Wildman–Crippen MR) is 72.1 cm³/mol. The highest BCUT2D eigenvalue weighted by molar-refractivity contribution is 6.30. The maximum absolute atomic E-state index is 9.26. The fraction of sp³-hybridized carbons (Fsp3) is 0.385. The van der Waals surface area contributed by atoms with Crippen LogP contribution in [0.1, 0.15) is 31.3 Å². The van der Waals surface area contributed by atoms with Crippen molar-refractivity contribution in [1.82, 2.24) is 15.0 Å². The first-order valence-electron chi connectivity index (χ1n) is 6.04. The second-order valence-corrected chi connectivity index (χ2v) is 4.86. The number of ether oxygens (including phenoxy) is 1. The Morgan fingerprint density at radius 1 is 1.32 bits per heavy atom. The zero-order valence-electron chi connectivity index (χ0n) is 10.9. The van der Waals surface area contributed by atoms with Crippen molar-refractivity contribution in [2.24, 2.45) is 0 Å². The van der Waals surface area contributed by atoms with E-state index in [0.717, 1.165) is 5.69 Å². The first-order valence-corrected chi connectivity index (χ1v) is 6.41. The lowest BCUT2D eigenvalue weighted by molar-refractivity contribution is 0.260. The van der Waals surface area contributed by atoms with Crippen molar-refractivity contribution in [3.05, 3.63) is 40.7 Å². The van der Waals surface area contributed by atoms with Crippen LogP contribution in [-0.2, 0) is 13.2 Å². The maximum Gasteiger partial charge on any atom is 0.132 e. The second kappa shape index (κ2) is 6.04. The summed E-state index contributed by atoms with van der Waals surface area (Å²) in [5.74, 6) is 0.713. The molecule has 0 aliphatic carbocycles. The summed E-state index contributed by atoms with van der Waals surface area (Å²) in [6.07, 6.45) is 0. The van der Waals surface area contributed by atoms with E-state index in [-0.39, 0.29) is 12.6 Å². The quantitative estimate of drug-likeness (QED) is 0.915. The van der Waals surface area contributed by atoms with Gasteiger partial charge in [0.15, 0.2) is 0 Å². The Morgan fingerprint density at radius 3 is 2.58 bits per heavy atom. The van der Waals surface area contributed by atoms with E-state index in [4.69, 9.17) is 16.3 Å². The zero-order valence-corrected chi connectivity index (χ0v) is 11.6. The van der Waals surface area contributed by atoms with Crippen LogP contribution >= 0.6 is 11.6 Å². The molecule has 0 saturated carbocycles. The average Bonchev–Trinajstić information content (AvgIpc) is 2.81. The van der Waals surface area contributed by atoms with Crippen LogP contribution in [0.4, 0.5) is 0 Å². The number of hydrogen-bond donors (Lipinski definition) is 1. The van der Waals surface area contributed by atoms with E-state index in [1.54, 1.807) is 28.9 Å². The van der Waals surface area contributed by atoms with Crippen LogP contribution in [0.2, 0.25) is 5.02 Å². The molecule has 0 fully saturated rings. The molecule has 0 unspecified atom stereocenters. The Morgan fingerprint density at radius 2 is 2.00 bits per heavy atom. The van der Waals surface area contributed by atoms with Gasteiger partial charge in [0.25, 0.3) is 0 Å². The van der Waals surface area contributed by atoms with Gasteiger partial charge in [-0.1, -0.05) is 16.8 Å². The third kappa shape index (κ3) is 3.24. The molecule has 5 nitrogen and oxygen atoms in total. The van der Waals surface area contributed by atoms with Crippen molar-refractivity contribution < 1.29 is 9.84 Å². The Bertz CT molecular complexity index is 537. The Balaban J connectivity index is 2.14. The van der Waals surface area contributed by atoms with E-state index in [9.17, 15) is 5.11 Å². The number of benzene rings is 1. The van der Waals surface area contributed by atoms with Gasteiger partial charge in [0.05, 0.1) is 6.61 Å². The van der Waals surface area contributed by atoms with Crippen LogP contribution in [0.15, 0.2) is 24.3 Å². The molecule has 6 heteroatoms. The van der Waals surface area contributed by atoms with Crippen molar-refractivity contribution in [3.8, 4) is 5.75 Å². The number of aliphatic hydroxyl groups excluding tert-OH is 1. The summed E-state index contributed by atoms with van der Waals surface area (Å²) < 4.78 is 7.42. The smallest absolute Gasteiger partial charge is 0.132 e. The van der Waals surface area contributed by atoms with Crippen molar-refractivity contribution in [3.63, 3.8) is 0 Å². The molecule has 0 atom stereocenters. The molecule has 102 valence electrons. The van der Waals surface area contributed by atoms with Crippen molar-refractivity contribution >= 4 is 11.6 Å². The molecule has 2 aromatic rings. The van der Waals surface area contributed by atoms with E-state index in [1.807, 2.05) is 13.8 Å². The van der Waals surface area contributed by atoms with Crippen LogP contribution in [0.25, 0.3) is 0 Å². The second-order valence-electron chi connectivity index (χ2n) is 4.42. The molecule has 1 N–H and O–H groups in total. The van der Waals surface area contributed by atoms with E-state index < -0.39 is 0 Å². The minimum absolute atomic E-state index is 0.147. The number of aromatic nitrogens is 3. The SMILES string of the molecule is CC(C)n1nnc(CO)c1COc1ccc(Cl)cc1. The highest BCUT2D eigenvalue weighted by atomic mass is 35.5. The maximum atomic E-state index is 9.26. The highest BCUT2D eigenvalue weighted by Crippen LogP contribution is 2.18. The predicted octanol–water partition coefficient (Wildman–Crippen LogP) is 2.58. The number of halogens is 1. The van der Waals surface area contributed by atoms with Crippen molar-refractivity contribution in [2.75, 3.05) is 0 Å². The lowest BCUT2D eigenvalue weighted by atomic mass is 10.3. The molecule has 0 amide bonds. The molecule has 0 radical (unpaired) electrons. The number of nitrogens with zero attached hydrogens (tertiary/aromatic N) is 3. The molecule has 1 aromatic carbocycles. The zero-order chi connectivity index (χ0) is 13.8. The molecule has 0 bridgehead atoms. The molecule has 1 heterocycles. The largest absolute Gasteiger partial charge is 0.487 e. The van der Waals surface area contributed by atoms with Gasteiger partial charge in [0.1, 0.15) is 23.7 Å². The summed E-state index contributed by atoms with van der Waals surface area (Å²) in [5, 5.41) is 17.9. The van der Waals surface area contributed by atoms with Gasteiger partial charge in [-0.15, -0.1) is 5.10 Å². The lowest BCUT2D eigenvalue weighted by Crippen LogP contribution is -2.11.